The van der Waals surface area contributed by atoms with E-state index < -0.39 is 0 Å². The van der Waals surface area contributed by atoms with E-state index in [-0.39, 0.29) is 0 Å². The summed E-state index contributed by atoms with van der Waals surface area (Å²) >= 11 is 0. The first-order valence-electron chi connectivity index (χ1n) is 9.30. The molecule has 0 aromatic carbocycles. The van der Waals surface area contributed by atoms with Crippen LogP contribution in [0, 0.1) is 35.0 Å². The Morgan fingerprint density at radius 1 is 0.800 bits per heavy atom. The van der Waals surface area contributed by atoms with Crippen molar-refractivity contribution < 1.29 is 0 Å². The SMILES string of the molecule is CC(C)C1CC(NC(C)C23CC4CC(CC(C4)C2)C3)C1. The molecule has 0 amide bonds. The Hall–Kier alpha value is -0.0400. The van der Waals surface area contributed by atoms with Crippen molar-refractivity contribution in [1.82, 2.24) is 5.32 Å². The number of hydrogen-bond donors (Lipinski definition) is 1. The van der Waals surface area contributed by atoms with E-state index in [4.69, 9.17) is 0 Å². The van der Waals surface area contributed by atoms with Gasteiger partial charge < -0.3 is 5.32 Å². The van der Waals surface area contributed by atoms with E-state index in [0.717, 1.165) is 41.7 Å². The molecular weight excluding hydrogens is 242 g/mol. The third kappa shape index (κ3) is 2.16. The van der Waals surface area contributed by atoms with Gasteiger partial charge in [0.15, 0.2) is 0 Å². The van der Waals surface area contributed by atoms with E-state index in [1.165, 1.54) is 12.8 Å². The molecule has 0 aromatic heterocycles. The van der Waals surface area contributed by atoms with Gasteiger partial charge in [-0.2, -0.15) is 0 Å². The Bertz CT molecular complexity index is 331. The molecule has 1 atom stereocenters. The highest BCUT2D eigenvalue weighted by atomic mass is 15.0. The second kappa shape index (κ2) is 4.73. The standard InChI is InChI=1S/C19H33N/c1-12(2)17-7-18(8-17)20-13(3)19-9-14-4-15(10-19)6-16(5-14)11-19/h12-18,20H,4-11H2,1-3H3. The highest BCUT2D eigenvalue weighted by Crippen LogP contribution is 2.61. The maximum Gasteiger partial charge on any atom is 0.00980 e. The van der Waals surface area contributed by atoms with Crippen LogP contribution in [0.4, 0.5) is 0 Å². The number of hydrogen-bond acceptors (Lipinski definition) is 1. The summed E-state index contributed by atoms with van der Waals surface area (Å²) < 4.78 is 0. The van der Waals surface area contributed by atoms with Crippen LogP contribution in [0.25, 0.3) is 0 Å². The van der Waals surface area contributed by atoms with Gasteiger partial charge in [0.1, 0.15) is 0 Å². The summed E-state index contributed by atoms with van der Waals surface area (Å²) in [5.74, 6) is 5.17. The molecule has 1 heteroatoms. The minimum absolute atomic E-state index is 0.692. The molecule has 5 aliphatic carbocycles. The van der Waals surface area contributed by atoms with E-state index in [1.807, 2.05) is 0 Å². The lowest BCUT2D eigenvalue weighted by Crippen LogP contribution is -2.58. The highest BCUT2D eigenvalue weighted by Gasteiger charge is 2.53. The van der Waals surface area contributed by atoms with Crippen LogP contribution >= 0.6 is 0 Å². The van der Waals surface area contributed by atoms with Crippen LogP contribution in [0.5, 0.6) is 0 Å². The summed E-state index contributed by atoms with van der Waals surface area (Å²) in [6.45, 7) is 7.31. The third-order valence-corrected chi connectivity index (χ3v) is 7.61. The first kappa shape index (κ1) is 13.6. The molecule has 0 aromatic rings. The van der Waals surface area contributed by atoms with Crippen molar-refractivity contribution in [1.29, 1.82) is 0 Å². The molecule has 0 aliphatic heterocycles. The number of rotatable bonds is 4. The van der Waals surface area contributed by atoms with Crippen molar-refractivity contribution in [3.8, 4) is 0 Å². The van der Waals surface area contributed by atoms with Crippen LogP contribution in [0.3, 0.4) is 0 Å². The lowest BCUT2D eigenvalue weighted by molar-refractivity contribution is -0.0752. The summed E-state index contributed by atoms with van der Waals surface area (Å²) in [6.07, 6.45) is 12.2. The van der Waals surface area contributed by atoms with Gasteiger partial charge in [-0.25, -0.2) is 0 Å². The maximum absolute atomic E-state index is 4.06. The van der Waals surface area contributed by atoms with E-state index in [1.54, 1.807) is 38.5 Å². The minimum atomic E-state index is 0.692. The first-order chi connectivity index (χ1) is 9.54. The predicted octanol–water partition coefficient (Wildman–Crippen LogP) is 4.62. The Kier molecular flexibility index (Phi) is 3.22. The van der Waals surface area contributed by atoms with Gasteiger partial charge in [0, 0.05) is 12.1 Å². The smallest absolute Gasteiger partial charge is 0.00980 e. The minimum Gasteiger partial charge on any atom is -0.311 e. The maximum atomic E-state index is 4.06. The van der Waals surface area contributed by atoms with Crippen LogP contribution in [-0.4, -0.2) is 12.1 Å². The van der Waals surface area contributed by atoms with Gasteiger partial charge in [0.2, 0.25) is 0 Å². The predicted molar refractivity (Wildman–Crippen MR) is 84.6 cm³/mol. The third-order valence-electron chi connectivity index (χ3n) is 7.61. The van der Waals surface area contributed by atoms with Crippen molar-refractivity contribution >= 4 is 0 Å². The Morgan fingerprint density at radius 2 is 1.30 bits per heavy atom. The molecule has 1 unspecified atom stereocenters. The molecule has 20 heavy (non-hydrogen) atoms. The van der Waals surface area contributed by atoms with Crippen molar-refractivity contribution in [2.45, 2.75) is 84.2 Å². The normalized spacial score (nSPS) is 51.3. The molecule has 0 saturated heterocycles. The molecule has 1 N–H and O–H groups in total. The molecule has 0 spiro atoms. The van der Waals surface area contributed by atoms with Gasteiger partial charge in [0.05, 0.1) is 0 Å². The fraction of sp³-hybridized carbons (Fsp3) is 1.00. The average Bonchev–Trinajstić information content (AvgIpc) is 2.30. The van der Waals surface area contributed by atoms with Gasteiger partial charge in [-0.05, 0) is 93.3 Å². The number of nitrogens with one attached hydrogen (secondary N) is 1. The van der Waals surface area contributed by atoms with Crippen molar-refractivity contribution in [2.24, 2.45) is 35.0 Å². The molecule has 114 valence electrons. The average molecular weight is 275 g/mol. The fourth-order valence-electron chi connectivity index (χ4n) is 6.58. The Balaban J connectivity index is 1.38. The van der Waals surface area contributed by atoms with Gasteiger partial charge in [-0.3, -0.25) is 0 Å². The molecule has 5 fully saturated rings. The van der Waals surface area contributed by atoms with Crippen molar-refractivity contribution in [3.63, 3.8) is 0 Å². The van der Waals surface area contributed by atoms with Crippen LogP contribution in [-0.2, 0) is 0 Å². The zero-order valence-corrected chi connectivity index (χ0v) is 13.7. The highest BCUT2D eigenvalue weighted by molar-refractivity contribution is 5.06. The quantitative estimate of drug-likeness (QED) is 0.789. The molecule has 5 rings (SSSR count). The summed E-state index contributed by atoms with van der Waals surface area (Å²) in [5, 5.41) is 4.06. The van der Waals surface area contributed by atoms with Gasteiger partial charge >= 0.3 is 0 Å². The molecule has 5 aliphatic rings. The zero-order chi connectivity index (χ0) is 13.9. The van der Waals surface area contributed by atoms with E-state index >= 15 is 0 Å². The lowest BCUT2D eigenvalue weighted by atomic mass is 9.48. The summed E-state index contributed by atoms with van der Waals surface area (Å²) in [5.41, 5.74) is 0.692. The van der Waals surface area contributed by atoms with E-state index in [2.05, 4.69) is 26.1 Å². The van der Waals surface area contributed by atoms with Gasteiger partial charge in [-0.1, -0.05) is 13.8 Å². The molecule has 4 bridgehead atoms. The summed E-state index contributed by atoms with van der Waals surface area (Å²) in [4.78, 5) is 0. The van der Waals surface area contributed by atoms with Crippen LogP contribution in [0.2, 0.25) is 0 Å². The Morgan fingerprint density at radius 3 is 1.75 bits per heavy atom. The molecule has 1 nitrogen and oxygen atoms in total. The van der Waals surface area contributed by atoms with Crippen LogP contribution in [0.15, 0.2) is 0 Å². The fourth-order valence-corrected chi connectivity index (χ4v) is 6.58. The van der Waals surface area contributed by atoms with Crippen LogP contribution < -0.4 is 5.32 Å². The van der Waals surface area contributed by atoms with Crippen LogP contribution in [0.1, 0.15) is 72.1 Å². The van der Waals surface area contributed by atoms with Gasteiger partial charge in [-0.15, -0.1) is 0 Å². The molecular formula is C19H33N. The van der Waals surface area contributed by atoms with Crippen molar-refractivity contribution in [2.75, 3.05) is 0 Å². The molecule has 0 heterocycles. The summed E-state index contributed by atoms with van der Waals surface area (Å²) in [7, 11) is 0. The Labute approximate surface area is 125 Å². The second-order valence-electron chi connectivity index (χ2n) is 9.34. The van der Waals surface area contributed by atoms with E-state index in [9.17, 15) is 0 Å². The van der Waals surface area contributed by atoms with E-state index in [0.29, 0.717) is 5.41 Å². The topological polar surface area (TPSA) is 12.0 Å². The lowest BCUT2D eigenvalue weighted by Gasteiger charge is -2.60. The largest absolute Gasteiger partial charge is 0.311 e. The molecule has 5 saturated carbocycles. The monoisotopic (exact) mass is 275 g/mol. The first-order valence-corrected chi connectivity index (χ1v) is 9.30. The molecule has 0 radical (unpaired) electrons. The van der Waals surface area contributed by atoms with Gasteiger partial charge in [0.25, 0.3) is 0 Å². The van der Waals surface area contributed by atoms with Crippen molar-refractivity contribution in [3.05, 3.63) is 0 Å². The summed E-state index contributed by atoms with van der Waals surface area (Å²) in [6, 6.07) is 1.61. The second-order valence-corrected chi connectivity index (χ2v) is 9.34. The zero-order valence-electron chi connectivity index (χ0n) is 13.7.